The lowest BCUT2D eigenvalue weighted by Gasteiger charge is -2.45. The molecule has 0 saturated carbocycles. The number of hydrogen-bond donors (Lipinski definition) is 8. The number of esters is 1. The second-order valence-corrected chi connectivity index (χ2v) is 10.9. The lowest BCUT2D eigenvalue weighted by molar-refractivity contribution is -0.358. The number of methoxy groups -OCH3 is 1. The fourth-order valence-electron chi connectivity index (χ4n) is 5.24. The summed E-state index contributed by atoms with van der Waals surface area (Å²) in [6, 6.07) is 7.60. The van der Waals surface area contributed by atoms with E-state index in [2.05, 4.69) is 0 Å². The van der Waals surface area contributed by atoms with Crippen LogP contribution in [0.5, 0.6) is 23.0 Å². The largest absolute Gasteiger partial charge is 0.507 e. The highest BCUT2D eigenvalue weighted by Crippen LogP contribution is 2.36. The summed E-state index contributed by atoms with van der Waals surface area (Å²) in [4.78, 5) is 24.4. The van der Waals surface area contributed by atoms with Gasteiger partial charge in [-0.1, -0.05) is 0 Å². The van der Waals surface area contributed by atoms with Gasteiger partial charge in [-0.15, -0.1) is 0 Å². The Kier molecular flexibility index (Phi) is 10.2. The smallest absolute Gasteiger partial charge is 0.302 e. The summed E-state index contributed by atoms with van der Waals surface area (Å²) in [5, 5.41) is 82.7. The van der Waals surface area contributed by atoms with Crippen molar-refractivity contribution >= 4 is 16.9 Å². The molecule has 10 unspecified atom stereocenters. The fraction of sp³-hybridized carbons (Fsp3) is 0.467. The number of phenolic OH excluding ortho intramolecular Hbond substituents is 2. The van der Waals surface area contributed by atoms with Gasteiger partial charge in [0.2, 0.25) is 6.29 Å². The number of carbonyl (C=O) groups is 1. The third kappa shape index (κ3) is 6.98. The molecule has 0 radical (unpaired) electrons. The molecule has 47 heavy (non-hydrogen) atoms. The van der Waals surface area contributed by atoms with Crippen LogP contribution in [-0.4, -0.2) is 129 Å². The first-order chi connectivity index (χ1) is 22.3. The molecule has 0 bridgehead atoms. The van der Waals surface area contributed by atoms with Crippen LogP contribution >= 0.6 is 0 Å². The summed E-state index contributed by atoms with van der Waals surface area (Å²) in [5.41, 5.74) is -0.442. The zero-order chi connectivity index (χ0) is 34.2. The Hall–Kier alpha value is -4.04. The van der Waals surface area contributed by atoms with Crippen LogP contribution in [0, 0.1) is 0 Å². The van der Waals surface area contributed by atoms with E-state index in [0.717, 1.165) is 19.1 Å². The highest BCUT2D eigenvalue weighted by Gasteiger charge is 2.51. The van der Waals surface area contributed by atoms with Crippen molar-refractivity contribution in [3.63, 3.8) is 0 Å². The van der Waals surface area contributed by atoms with E-state index >= 15 is 0 Å². The van der Waals surface area contributed by atoms with Gasteiger partial charge >= 0.3 is 5.97 Å². The van der Waals surface area contributed by atoms with Crippen LogP contribution < -0.4 is 14.9 Å². The average molecular weight is 667 g/mol. The van der Waals surface area contributed by atoms with E-state index in [-0.39, 0.29) is 34.0 Å². The second-order valence-electron chi connectivity index (χ2n) is 10.9. The summed E-state index contributed by atoms with van der Waals surface area (Å²) in [5.74, 6) is -1.51. The van der Waals surface area contributed by atoms with E-state index in [1.807, 2.05) is 0 Å². The molecule has 2 aromatic carbocycles. The average Bonchev–Trinajstić information content (AvgIpc) is 3.03. The van der Waals surface area contributed by atoms with Crippen LogP contribution in [0.4, 0.5) is 0 Å². The standard InChI is InChI=1S/C30H34O17/c1-11(32)42-10-21-24(37)26(39)28(47-29-27(40)25(38)23(36)20(9-31)45-29)30(46-21)43-13-6-15(34)22-16(35)8-17(44-19(22)7-13)12-3-4-14(33)18(5-12)41-2/h3-8,20-21,23-31,33-34,36-40H,9-10H2,1-2H3. The number of phenols is 2. The van der Waals surface area contributed by atoms with Gasteiger partial charge in [0.25, 0.3) is 0 Å². The number of aliphatic hydroxyl groups excluding tert-OH is 6. The van der Waals surface area contributed by atoms with Crippen molar-refractivity contribution in [1.82, 2.24) is 0 Å². The minimum absolute atomic E-state index is 0.0371. The molecule has 10 atom stereocenters. The summed E-state index contributed by atoms with van der Waals surface area (Å²) in [7, 11) is 1.34. The molecule has 17 nitrogen and oxygen atoms in total. The Morgan fingerprint density at radius 2 is 1.55 bits per heavy atom. The van der Waals surface area contributed by atoms with Crippen LogP contribution in [-0.2, 0) is 23.7 Å². The minimum Gasteiger partial charge on any atom is -0.507 e. The van der Waals surface area contributed by atoms with Crippen LogP contribution in [0.25, 0.3) is 22.3 Å². The number of aliphatic hydroxyl groups is 6. The summed E-state index contributed by atoms with van der Waals surface area (Å²) in [6.45, 7) is -0.196. The molecule has 3 heterocycles. The molecule has 2 saturated heterocycles. The van der Waals surface area contributed by atoms with E-state index in [4.69, 9.17) is 32.8 Å². The summed E-state index contributed by atoms with van der Waals surface area (Å²) >= 11 is 0. The van der Waals surface area contributed by atoms with Crippen molar-refractivity contribution in [3.05, 3.63) is 46.6 Å². The molecule has 0 aliphatic carbocycles. The quantitative estimate of drug-likeness (QED) is 0.120. The van der Waals surface area contributed by atoms with Crippen molar-refractivity contribution in [2.24, 2.45) is 0 Å². The molecule has 2 aliphatic rings. The summed E-state index contributed by atoms with van der Waals surface area (Å²) in [6.07, 6.45) is -17.0. The first kappa shape index (κ1) is 34.3. The lowest BCUT2D eigenvalue weighted by Crippen LogP contribution is -2.65. The van der Waals surface area contributed by atoms with Crippen molar-refractivity contribution in [1.29, 1.82) is 0 Å². The van der Waals surface area contributed by atoms with E-state index in [1.165, 1.54) is 31.4 Å². The van der Waals surface area contributed by atoms with Crippen molar-refractivity contribution in [3.8, 4) is 34.3 Å². The highest BCUT2D eigenvalue weighted by molar-refractivity contribution is 5.86. The molecule has 5 rings (SSSR count). The van der Waals surface area contributed by atoms with Crippen LogP contribution in [0.1, 0.15) is 6.92 Å². The van der Waals surface area contributed by atoms with Gasteiger partial charge in [-0.2, -0.15) is 0 Å². The predicted octanol–water partition coefficient (Wildman–Crippen LogP) is -1.55. The molecule has 0 spiro atoms. The molecule has 256 valence electrons. The zero-order valence-corrected chi connectivity index (χ0v) is 24.9. The number of rotatable bonds is 9. The second kappa shape index (κ2) is 14.0. The number of aromatic hydroxyl groups is 2. The van der Waals surface area contributed by atoms with Gasteiger partial charge in [-0.3, -0.25) is 9.59 Å². The first-order valence-electron chi connectivity index (χ1n) is 14.3. The predicted molar refractivity (Wildman–Crippen MR) is 154 cm³/mol. The normalized spacial score (nSPS) is 31.0. The Balaban J connectivity index is 1.50. The monoisotopic (exact) mass is 666 g/mol. The zero-order valence-electron chi connectivity index (χ0n) is 24.9. The summed E-state index contributed by atoms with van der Waals surface area (Å²) < 4.78 is 38.7. The lowest BCUT2D eigenvalue weighted by atomic mass is 9.97. The number of hydrogen-bond acceptors (Lipinski definition) is 17. The highest BCUT2D eigenvalue weighted by atomic mass is 16.8. The van der Waals surface area contributed by atoms with E-state index in [0.29, 0.717) is 5.56 Å². The van der Waals surface area contributed by atoms with Crippen LogP contribution in [0.3, 0.4) is 0 Å². The molecule has 8 N–H and O–H groups in total. The number of carbonyl (C=O) groups excluding carboxylic acids is 1. The van der Waals surface area contributed by atoms with Gasteiger partial charge < -0.3 is 73.7 Å². The minimum atomic E-state index is -1.90. The van der Waals surface area contributed by atoms with E-state index in [1.54, 1.807) is 0 Å². The molecule has 1 aromatic heterocycles. The first-order valence-corrected chi connectivity index (χ1v) is 14.3. The molecule has 17 heteroatoms. The van der Waals surface area contributed by atoms with Crippen molar-refractivity contribution in [2.45, 2.75) is 68.3 Å². The van der Waals surface area contributed by atoms with Gasteiger partial charge in [0.15, 0.2) is 29.3 Å². The van der Waals surface area contributed by atoms with Gasteiger partial charge in [-0.05, 0) is 18.2 Å². The molecule has 0 amide bonds. The maximum Gasteiger partial charge on any atom is 0.302 e. The van der Waals surface area contributed by atoms with Gasteiger partial charge in [0, 0.05) is 30.7 Å². The van der Waals surface area contributed by atoms with Gasteiger partial charge in [0.1, 0.15) is 77.6 Å². The number of ether oxygens (including phenoxy) is 6. The maximum absolute atomic E-state index is 13.0. The molecule has 2 aliphatic heterocycles. The maximum atomic E-state index is 13.0. The Labute approximate surface area is 265 Å². The topological polar surface area (TPSA) is 264 Å². The molecule has 3 aromatic rings. The van der Waals surface area contributed by atoms with Gasteiger partial charge in [0.05, 0.1) is 13.7 Å². The third-order valence-electron chi connectivity index (χ3n) is 7.74. The third-order valence-corrected chi connectivity index (χ3v) is 7.74. The number of fused-ring (bicyclic) bond motifs is 1. The Morgan fingerprint density at radius 1 is 0.851 bits per heavy atom. The van der Waals surface area contributed by atoms with Gasteiger partial charge in [-0.25, -0.2) is 0 Å². The van der Waals surface area contributed by atoms with E-state index < -0.39 is 91.8 Å². The van der Waals surface area contributed by atoms with E-state index in [9.17, 15) is 50.4 Å². The number of benzene rings is 2. The van der Waals surface area contributed by atoms with Crippen molar-refractivity contribution < 1.29 is 78.5 Å². The fourth-order valence-corrected chi connectivity index (χ4v) is 5.24. The SMILES string of the molecule is COc1cc(-c2cc(=O)c3c(O)cc(OC4OC(COC(C)=O)C(O)C(O)C4OC4OC(CO)C(O)C(O)C4O)cc3o2)ccc1O. The molecular weight excluding hydrogens is 632 g/mol. The Bertz CT molecular complexity index is 1640. The molecular formula is C30H34O17. The van der Waals surface area contributed by atoms with Crippen LogP contribution in [0.15, 0.2) is 45.6 Å². The molecule has 2 fully saturated rings. The van der Waals surface area contributed by atoms with Crippen LogP contribution in [0.2, 0.25) is 0 Å². The Morgan fingerprint density at radius 3 is 2.23 bits per heavy atom. The van der Waals surface area contributed by atoms with Crippen molar-refractivity contribution in [2.75, 3.05) is 20.3 Å².